The van der Waals surface area contributed by atoms with E-state index < -0.39 is 0 Å². The summed E-state index contributed by atoms with van der Waals surface area (Å²) in [5, 5.41) is 3.69. The van der Waals surface area contributed by atoms with Crippen molar-refractivity contribution in [3.8, 4) is 0 Å². The predicted molar refractivity (Wildman–Crippen MR) is 81.6 cm³/mol. The molecule has 1 fully saturated rings. The summed E-state index contributed by atoms with van der Waals surface area (Å²) in [5.74, 6) is 0.911. The van der Waals surface area contributed by atoms with Gasteiger partial charge in [-0.1, -0.05) is 25.1 Å². The molecule has 0 amide bonds. The van der Waals surface area contributed by atoms with E-state index in [-0.39, 0.29) is 0 Å². The molecule has 1 aromatic rings. The molecule has 0 heterocycles. The van der Waals surface area contributed by atoms with Crippen molar-refractivity contribution >= 4 is 0 Å². The average molecular weight is 257 g/mol. The lowest BCUT2D eigenvalue weighted by Crippen LogP contribution is -2.27. The summed E-state index contributed by atoms with van der Waals surface area (Å²) in [5.41, 5.74) is 4.83. The van der Waals surface area contributed by atoms with Crippen molar-refractivity contribution in [1.29, 1.82) is 0 Å². The Hall–Kier alpha value is -0.820. The van der Waals surface area contributed by atoms with Gasteiger partial charge in [-0.25, -0.2) is 0 Å². The van der Waals surface area contributed by atoms with Gasteiger partial charge in [-0.3, -0.25) is 0 Å². The molecule has 2 atom stereocenters. The van der Waals surface area contributed by atoms with E-state index >= 15 is 0 Å². The number of aryl methyl sites for hydroxylation is 2. The molecule has 2 aliphatic rings. The molecule has 1 N–H and O–H groups in total. The maximum Gasteiger partial charge on any atom is 0.00699 e. The van der Waals surface area contributed by atoms with E-state index in [0.717, 1.165) is 12.0 Å². The first-order chi connectivity index (χ1) is 9.35. The Bertz CT molecular complexity index is 424. The molecule has 0 bridgehead atoms. The monoisotopic (exact) mass is 257 g/mol. The highest BCUT2D eigenvalue weighted by atomic mass is 14.9. The molecule has 1 aromatic carbocycles. The molecule has 104 valence electrons. The summed E-state index contributed by atoms with van der Waals surface area (Å²) < 4.78 is 0. The van der Waals surface area contributed by atoms with E-state index in [4.69, 9.17) is 0 Å². The zero-order valence-electron chi connectivity index (χ0n) is 12.3. The number of nitrogens with one attached hydrogen (secondary N) is 1. The third-order valence-corrected chi connectivity index (χ3v) is 4.91. The van der Waals surface area contributed by atoms with Crippen LogP contribution in [0.1, 0.15) is 55.7 Å². The van der Waals surface area contributed by atoms with Gasteiger partial charge in [0.2, 0.25) is 0 Å². The summed E-state index contributed by atoms with van der Waals surface area (Å²) in [4.78, 5) is 0. The second kappa shape index (κ2) is 6.09. The van der Waals surface area contributed by atoms with Crippen LogP contribution < -0.4 is 5.32 Å². The van der Waals surface area contributed by atoms with E-state index in [1.807, 2.05) is 0 Å². The van der Waals surface area contributed by atoms with Crippen molar-refractivity contribution in [3.05, 3.63) is 34.9 Å². The quantitative estimate of drug-likeness (QED) is 0.844. The van der Waals surface area contributed by atoms with Gasteiger partial charge in [0.25, 0.3) is 0 Å². The van der Waals surface area contributed by atoms with Crippen LogP contribution in [0, 0.1) is 5.92 Å². The molecule has 0 spiro atoms. The normalized spacial score (nSPS) is 25.7. The van der Waals surface area contributed by atoms with Gasteiger partial charge in [0.15, 0.2) is 0 Å². The van der Waals surface area contributed by atoms with Crippen molar-refractivity contribution in [1.82, 2.24) is 5.32 Å². The van der Waals surface area contributed by atoms with Gasteiger partial charge >= 0.3 is 0 Å². The van der Waals surface area contributed by atoms with Gasteiger partial charge in [-0.05, 0) is 80.5 Å². The zero-order valence-corrected chi connectivity index (χ0v) is 12.3. The fourth-order valence-corrected chi connectivity index (χ4v) is 3.88. The van der Waals surface area contributed by atoms with Gasteiger partial charge in [0.1, 0.15) is 0 Å². The SMILES string of the molecule is CCCNC1CCC(Cc2ccc3c(c2)CCC3)C1. The maximum absolute atomic E-state index is 3.69. The Labute approximate surface area is 117 Å². The first kappa shape index (κ1) is 13.2. The molecular weight excluding hydrogens is 230 g/mol. The first-order valence-corrected chi connectivity index (χ1v) is 8.19. The second-order valence-corrected chi connectivity index (χ2v) is 6.49. The molecule has 2 unspecified atom stereocenters. The molecule has 3 rings (SSSR count). The van der Waals surface area contributed by atoms with Gasteiger partial charge in [0.05, 0.1) is 0 Å². The van der Waals surface area contributed by atoms with Crippen LogP contribution in [0.5, 0.6) is 0 Å². The van der Waals surface area contributed by atoms with Crippen molar-refractivity contribution < 1.29 is 0 Å². The molecular formula is C18H27N. The number of rotatable bonds is 5. The summed E-state index contributed by atoms with van der Waals surface area (Å²) in [6.07, 6.45) is 10.7. The molecule has 2 aliphatic carbocycles. The number of hydrogen-bond acceptors (Lipinski definition) is 1. The molecule has 1 heteroatoms. The summed E-state index contributed by atoms with van der Waals surface area (Å²) in [6, 6.07) is 8.06. The zero-order chi connectivity index (χ0) is 13.1. The van der Waals surface area contributed by atoms with Gasteiger partial charge < -0.3 is 5.32 Å². The van der Waals surface area contributed by atoms with Crippen LogP contribution in [0.2, 0.25) is 0 Å². The van der Waals surface area contributed by atoms with E-state index in [9.17, 15) is 0 Å². The van der Waals surface area contributed by atoms with Crippen molar-refractivity contribution in [2.45, 2.75) is 64.3 Å². The largest absolute Gasteiger partial charge is 0.314 e. The smallest absolute Gasteiger partial charge is 0.00699 e. The summed E-state index contributed by atoms with van der Waals surface area (Å²) in [7, 11) is 0. The topological polar surface area (TPSA) is 12.0 Å². The van der Waals surface area contributed by atoms with Gasteiger partial charge in [-0.15, -0.1) is 0 Å². The molecule has 0 aliphatic heterocycles. The average Bonchev–Trinajstić information content (AvgIpc) is 3.05. The first-order valence-electron chi connectivity index (χ1n) is 8.19. The number of benzene rings is 1. The van der Waals surface area contributed by atoms with E-state index in [2.05, 4.69) is 30.4 Å². The van der Waals surface area contributed by atoms with E-state index in [1.165, 1.54) is 57.9 Å². The highest BCUT2D eigenvalue weighted by Gasteiger charge is 2.24. The lowest BCUT2D eigenvalue weighted by atomic mass is 9.95. The molecule has 0 saturated heterocycles. The van der Waals surface area contributed by atoms with Crippen LogP contribution in [0.4, 0.5) is 0 Å². The molecule has 1 nitrogen and oxygen atoms in total. The summed E-state index contributed by atoms with van der Waals surface area (Å²) >= 11 is 0. The fourth-order valence-electron chi connectivity index (χ4n) is 3.88. The number of fused-ring (bicyclic) bond motifs is 1. The van der Waals surface area contributed by atoms with E-state index in [0.29, 0.717) is 0 Å². The van der Waals surface area contributed by atoms with Crippen LogP contribution in [-0.2, 0) is 19.3 Å². The van der Waals surface area contributed by atoms with Crippen LogP contribution >= 0.6 is 0 Å². The van der Waals surface area contributed by atoms with Gasteiger partial charge in [-0.2, -0.15) is 0 Å². The third-order valence-electron chi connectivity index (χ3n) is 4.91. The van der Waals surface area contributed by atoms with Crippen LogP contribution in [-0.4, -0.2) is 12.6 Å². The standard InChI is InChI=1S/C18H27N/c1-2-10-19-18-9-7-15(13-18)11-14-6-8-16-4-3-5-17(16)12-14/h6,8,12,15,18-19H,2-5,7,9-11,13H2,1H3. The Morgan fingerprint density at radius 1 is 1.16 bits per heavy atom. The van der Waals surface area contributed by atoms with Crippen molar-refractivity contribution in [2.24, 2.45) is 5.92 Å². The minimum atomic E-state index is 0.791. The predicted octanol–water partition coefficient (Wildman–Crippen LogP) is 3.89. The minimum Gasteiger partial charge on any atom is -0.314 e. The fraction of sp³-hybridized carbons (Fsp3) is 0.667. The molecule has 0 aromatic heterocycles. The Balaban J connectivity index is 1.54. The van der Waals surface area contributed by atoms with Crippen molar-refractivity contribution in [2.75, 3.05) is 6.54 Å². The third kappa shape index (κ3) is 3.20. The Morgan fingerprint density at radius 3 is 2.95 bits per heavy atom. The van der Waals surface area contributed by atoms with Crippen LogP contribution in [0.25, 0.3) is 0 Å². The summed E-state index contributed by atoms with van der Waals surface area (Å²) in [6.45, 7) is 3.44. The lowest BCUT2D eigenvalue weighted by Gasteiger charge is -2.13. The van der Waals surface area contributed by atoms with Gasteiger partial charge in [0, 0.05) is 6.04 Å². The molecule has 0 radical (unpaired) electrons. The highest BCUT2D eigenvalue weighted by Crippen LogP contribution is 2.30. The Morgan fingerprint density at radius 2 is 2.05 bits per heavy atom. The Kier molecular flexibility index (Phi) is 4.22. The highest BCUT2D eigenvalue weighted by molar-refractivity contribution is 5.35. The maximum atomic E-state index is 3.69. The van der Waals surface area contributed by atoms with Crippen LogP contribution in [0.3, 0.4) is 0 Å². The second-order valence-electron chi connectivity index (χ2n) is 6.49. The van der Waals surface area contributed by atoms with E-state index in [1.54, 1.807) is 16.7 Å². The number of hydrogen-bond donors (Lipinski definition) is 1. The lowest BCUT2D eigenvalue weighted by molar-refractivity contribution is 0.484. The van der Waals surface area contributed by atoms with Crippen LogP contribution in [0.15, 0.2) is 18.2 Å². The minimum absolute atomic E-state index is 0.791. The van der Waals surface area contributed by atoms with Crippen molar-refractivity contribution in [3.63, 3.8) is 0 Å². The molecule has 1 saturated carbocycles. The molecule has 19 heavy (non-hydrogen) atoms.